The lowest BCUT2D eigenvalue weighted by Crippen LogP contribution is -2.29. The fourth-order valence-electron chi connectivity index (χ4n) is 2.81. The Hall–Kier alpha value is -2.77. The first-order valence-corrected chi connectivity index (χ1v) is 8.72. The van der Waals surface area contributed by atoms with Crippen molar-refractivity contribution in [3.05, 3.63) is 46.7 Å². The third-order valence-corrected chi connectivity index (χ3v) is 4.73. The summed E-state index contributed by atoms with van der Waals surface area (Å²) < 4.78 is 26.9. The van der Waals surface area contributed by atoms with E-state index in [1.165, 1.54) is 0 Å². The maximum Gasteiger partial charge on any atom is 0.313 e. The van der Waals surface area contributed by atoms with Gasteiger partial charge >= 0.3 is 5.97 Å². The third-order valence-electron chi connectivity index (χ3n) is 4.73. The Bertz CT molecular complexity index is 795. The Kier molecular flexibility index (Phi) is 7.43. The van der Waals surface area contributed by atoms with Gasteiger partial charge in [0, 0.05) is 13.6 Å². The normalized spacial score (nSPS) is 22.1. The summed E-state index contributed by atoms with van der Waals surface area (Å²) in [4.78, 5) is 22.7. The number of hydrogen-bond donors (Lipinski definition) is 4. The van der Waals surface area contributed by atoms with Gasteiger partial charge < -0.3 is 21.1 Å². The molecule has 1 rings (SSSR count). The van der Waals surface area contributed by atoms with Crippen LogP contribution in [0.15, 0.2) is 46.7 Å². The lowest BCUT2D eigenvalue weighted by molar-refractivity contribution is -0.141. The van der Waals surface area contributed by atoms with Crippen LogP contribution in [0.4, 0.5) is 8.78 Å². The van der Waals surface area contributed by atoms with Gasteiger partial charge in [-0.2, -0.15) is 0 Å². The molecule has 0 heterocycles. The van der Waals surface area contributed by atoms with Crippen molar-refractivity contribution in [2.45, 2.75) is 33.6 Å². The standard InChI is InChI=1S/C20H27F2N3O3/c1-10(2)14(8-7-11(3)12(4)17(24-6)13(5)23)9-25-18(26)15-16(19(27)28)20(15,21)22/h7-8,15-16,23-24H,1,9H2,2-6H3,(H,25,26)(H,27,28)/b11-7+,14-8-,17-12-,23-13?. The van der Waals surface area contributed by atoms with Gasteiger partial charge in [-0.25, -0.2) is 8.78 Å². The summed E-state index contributed by atoms with van der Waals surface area (Å²) in [7, 11) is 1.73. The van der Waals surface area contributed by atoms with Crippen LogP contribution in [0.25, 0.3) is 0 Å². The van der Waals surface area contributed by atoms with E-state index in [2.05, 4.69) is 17.2 Å². The molecule has 8 heteroatoms. The molecule has 0 aromatic heterocycles. The Morgan fingerprint density at radius 3 is 2.14 bits per heavy atom. The van der Waals surface area contributed by atoms with Gasteiger partial charge in [0.05, 0.1) is 11.4 Å². The van der Waals surface area contributed by atoms with E-state index in [9.17, 15) is 18.4 Å². The van der Waals surface area contributed by atoms with Gasteiger partial charge in [-0.1, -0.05) is 24.3 Å². The van der Waals surface area contributed by atoms with Crippen molar-refractivity contribution in [2.75, 3.05) is 13.6 Å². The van der Waals surface area contributed by atoms with Gasteiger partial charge in [-0.15, -0.1) is 0 Å². The number of carboxylic acids is 1. The first-order valence-electron chi connectivity index (χ1n) is 8.72. The monoisotopic (exact) mass is 395 g/mol. The van der Waals surface area contributed by atoms with Gasteiger partial charge in [0.1, 0.15) is 11.8 Å². The van der Waals surface area contributed by atoms with Crippen LogP contribution in [-0.2, 0) is 9.59 Å². The fourth-order valence-corrected chi connectivity index (χ4v) is 2.81. The van der Waals surface area contributed by atoms with Gasteiger partial charge in [-0.05, 0) is 44.4 Å². The van der Waals surface area contributed by atoms with E-state index in [-0.39, 0.29) is 6.54 Å². The molecule has 1 saturated carbocycles. The van der Waals surface area contributed by atoms with E-state index >= 15 is 0 Å². The van der Waals surface area contributed by atoms with Crippen LogP contribution in [0.5, 0.6) is 0 Å². The molecule has 0 saturated heterocycles. The number of halogens is 2. The van der Waals surface area contributed by atoms with Crippen molar-refractivity contribution >= 4 is 17.6 Å². The first-order chi connectivity index (χ1) is 12.9. The molecule has 0 aromatic carbocycles. The zero-order chi connectivity index (χ0) is 21.8. The Morgan fingerprint density at radius 2 is 1.75 bits per heavy atom. The lowest BCUT2D eigenvalue weighted by Gasteiger charge is -2.12. The van der Waals surface area contributed by atoms with Crippen molar-refractivity contribution in [2.24, 2.45) is 11.8 Å². The molecule has 2 atom stereocenters. The van der Waals surface area contributed by atoms with Crippen molar-refractivity contribution < 1.29 is 23.5 Å². The van der Waals surface area contributed by atoms with Crippen LogP contribution in [0.1, 0.15) is 27.7 Å². The van der Waals surface area contributed by atoms with E-state index in [0.717, 1.165) is 11.1 Å². The molecule has 4 N–H and O–H groups in total. The van der Waals surface area contributed by atoms with E-state index in [4.69, 9.17) is 10.5 Å². The molecule has 0 spiro atoms. The maximum atomic E-state index is 13.5. The van der Waals surface area contributed by atoms with Gasteiger partial charge in [0.2, 0.25) is 5.91 Å². The number of carbonyl (C=O) groups is 2. The van der Waals surface area contributed by atoms with Crippen LogP contribution in [-0.4, -0.2) is 42.2 Å². The summed E-state index contributed by atoms with van der Waals surface area (Å²) in [5.41, 5.74) is 4.10. The number of carbonyl (C=O) groups excluding carboxylic acids is 1. The fraction of sp³-hybridized carbons (Fsp3) is 0.450. The molecule has 1 amide bonds. The smallest absolute Gasteiger partial charge is 0.313 e. The number of alkyl halides is 2. The van der Waals surface area contributed by atoms with Crippen LogP contribution in [0.2, 0.25) is 0 Å². The summed E-state index contributed by atoms with van der Waals surface area (Å²) in [5, 5.41) is 21.9. The van der Waals surface area contributed by atoms with Gasteiger partial charge in [0.15, 0.2) is 0 Å². The van der Waals surface area contributed by atoms with Crippen molar-refractivity contribution in [1.29, 1.82) is 5.41 Å². The minimum atomic E-state index is -3.52. The van der Waals surface area contributed by atoms with Crippen LogP contribution >= 0.6 is 0 Å². The van der Waals surface area contributed by atoms with Crippen LogP contribution in [0.3, 0.4) is 0 Å². The molecular formula is C20H27F2N3O3. The van der Waals surface area contributed by atoms with Crippen LogP contribution < -0.4 is 10.6 Å². The van der Waals surface area contributed by atoms with E-state index in [0.29, 0.717) is 22.6 Å². The Balaban J connectivity index is 2.92. The SMILES string of the molecule is C=C(C)\C(=C/C=C(C)/C(C)=C(\NC)C(C)=N)CNC(=O)C1C(C(=O)O)C1(F)F. The number of aliphatic carboxylic acids is 1. The summed E-state index contributed by atoms with van der Waals surface area (Å²) >= 11 is 0. The highest BCUT2D eigenvalue weighted by Crippen LogP contribution is 2.55. The van der Waals surface area contributed by atoms with Gasteiger partial charge in [-0.3, -0.25) is 9.59 Å². The molecule has 6 nitrogen and oxygen atoms in total. The summed E-state index contributed by atoms with van der Waals surface area (Å²) in [6.07, 6.45) is 3.51. The molecule has 1 fully saturated rings. The number of carboxylic acid groups (broad SMARTS) is 1. The average Bonchev–Trinajstić information content (AvgIpc) is 3.16. The molecular weight excluding hydrogens is 368 g/mol. The van der Waals surface area contributed by atoms with E-state index < -0.39 is 29.6 Å². The van der Waals surface area contributed by atoms with Crippen LogP contribution in [0, 0.1) is 17.2 Å². The summed E-state index contributed by atoms with van der Waals surface area (Å²) in [5.74, 6) is -9.99. The highest BCUT2D eigenvalue weighted by atomic mass is 19.3. The first kappa shape index (κ1) is 23.3. The molecule has 2 unspecified atom stereocenters. The molecule has 0 aromatic rings. The largest absolute Gasteiger partial charge is 0.481 e. The molecule has 1 aliphatic carbocycles. The Morgan fingerprint density at radius 1 is 1.18 bits per heavy atom. The molecule has 0 aliphatic heterocycles. The molecule has 0 bridgehead atoms. The average molecular weight is 395 g/mol. The molecule has 1 aliphatic rings. The summed E-state index contributed by atoms with van der Waals surface area (Å²) in [6, 6.07) is 0. The topological polar surface area (TPSA) is 102 Å². The van der Waals surface area contributed by atoms with Crippen molar-refractivity contribution in [3.63, 3.8) is 0 Å². The number of amides is 1. The van der Waals surface area contributed by atoms with Gasteiger partial charge in [0.25, 0.3) is 5.92 Å². The second kappa shape index (κ2) is 8.95. The van der Waals surface area contributed by atoms with Crippen molar-refractivity contribution in [3.8, 4) is 0 Å². The highest BCUT2D eigenvalue weighted by Gasteiger charge is 2.75. The number of rotatable bonds is 9. The van der Waals surface area contributed by atoms with E-state index in [1.54, 1.807) is 33.0 Å². The highest BCUT2D eigenvalue weighted by molar-refractivity contribution is 5.96. The van der Waals surface area contributed by atoms with E-state index in [1.807, 2.05) is 13.8 Å². The quantitative estimate of drug-likeness (QED) is 0.356. The minimum Gasteiger partial charge on any atom is -0.481 e. The predicted molar refractivity (Wildman–Crippen MR) is 104 cm³/mol. The zero-order valence-electron chi connectivity index (χ0n) is 16.7. The zero-order valence-corrected chi connectivity index (χ0v) is 16.7. The minimum absolute atomic E-state index is 0.0396. The second-order valence-electron chi connectivity index (χ2n) is 6.88. The van der Waals surface area contributed by atoms with Crippen molar-refractivity contribution in [1.82, 2.24) is 10.6 Å². The lowest BCUT2D eigenvalue weighted by atomic mass is 10.0. The number of allylic oxidation sites excluding steroid dienone is 5. The molecule has 0 radical (unpaired) electrons. The second-order valence-corrected chi connectivity index (χ2v) is 6.88. The number of nitrogens with one attached hydrogen (secondary N) is 3. The Labute approximate surface area is 163 Å². The molecule has 154 valence electrons. The molecule has 28 heavy (non-hydrogen) atoms. The predicted octanol–water partition coefficient (Wildman–Crippen LogP) is 3.05. The third kappa shape index (κ3) is 5.15. The summed E-state index contributed by atoms with van der Waals surface area (Å²) in [6.45, 7) is 10.9. The number of hydrogen-bond acceptors (Lipinski definition) is 4. The maximum absolute atomic E-state index is 13.5.